The van der Waals surface area contributed by atoms with Crippen molar-refractivity contribution >= 4 is 5.82 Å². The molecule has 1 saturated heterocycles. The van der Waals surface area contributed by atoms with Crippen LogP contribution in [0.4, 0.5) is 5.82 Å². The van der Waals surface area contributed by atoms with Crippen LogP contribution in [0.2, 0.25) is 0 Å². The monoisotopic (exact) mass is 220 g/mol. The molecule has 88 valence electrons. The molecule has 0 unspecified atom stereocenters. The van der Waals surface area contributed by atoms with Crippen molar-refractivity contribution in [3.63, 3.8) is 0 Å². The predicted octanol–water partition coefficient (Wildman–Crippen LogP) is 2.37. The van der Waals surface area contributed by atoms with Gasteiger partial charge in [0, 0.05) is 19.3 Å². The van der Waals surface area contributed by atoms with E-state index in [1.54, 1.807) is 13.1 Å². The van der Waals surface area contributed by atoms with Crippen molar-refractivity contribution in [3.8, 4) is 0 Å². The lowest BCUT2D eigenvalue weighted by Crippen LogP contribution is -2.33. The highest BCUT2D eigenvalue weighted by Crippen LogP contribution is 2.22. The van der Waals surface area contributed by atoms with E-state index in [9.17, 15) is 5.11 Å². The Morgan fingerprint density at radius 2 is 2.06 bits per heavy atom. The summed E-state index contributed by atoms with van der Waals surface area (Å²) in [5.41, 5.74) is 0.883. The maximum absolute atomic E-state index is 9.41. The molecule has 0 saturated carbocycles. The van der Waals surface area contributed by atoms with Crippen LogP contribution in [0.25, 0.3) is 0 Å². The van der Waals surface area contributed by atoms with Gasteiger partial charge in [-0.3, -0.25) is 0 Å². The maximum atomic E-state index is 9.41. The zero-order valence-electron chi connectivity index (χ0n) is 10.1. The second-order valence-corrected chi connectivity index (χ2v) is 4.80. The van der Waals surface area contributed by atoms with E-state index in [4.69, 9.17) is 0 Å². The number of hydrogen-bond donors (Lipinski definition) is 1. The summed E-state index contributed by atoms with van der Waals surface area (Å²) in [5, 5.41) is 9.41. The molecular formula is C13H20N2O. The minimum Gasteiger partial charge on any atom is -0.389 e. The number of aromatic nitrogens is 1. The molecule has 1 aliphatic rings. The quantitative estimate of drug-likeness (QED) is 0.831. The van der Waals surface area contributed by atoms with E-state index in [0.29, 0.717) is 0 Å². The first-order valence-electron chi connectivity index (χ1n) is 6.06. The number of rotatable bonds is 2. The first-order valence-corrected chi connectivity index (χ1v) is 6.06. The van der Waals surface area contributed by atoms with Crippen molar-refractivity contribution in [2.75, 3.05) is 18.0 Å². The van der Waals surface area contributed by atoms with Crippen molar-refractivity contribution in [2.45, 2.75) is 32.8 Å². The number of aliphatic hydroxyl groups excluding tert-OH is 1. The molecule has 1 aromatic heterocycles. The second kappa shape index (κ2) is 4.83. The average molecular weight is 220 g/mol. The number of aliphatic hydroxyl groups is 1. The summed E-state index contributed by atoms with van der Waals surface area (Å²) in [6, 6.07) is 3.98. The topological polar surface area (TPSA) is 36.4 Å². The Balaban J connectivity index is 2.04. The van der Waals surface area contributed by atoms with E-state index in [-0.39, 0.29) is 0 Å². The fourth-order valence-corrected chi connectivity index (χ4v) is 2.07. The molecule has 0 aromatic carbocycles. The number of hydrogen-bond acceptors (Lipinski definition) is 3. The summed E-state index contributed by atoms with van der Waals surface area (Å²) in [6.07, 6.45) is 3.85. The zero-order chi connectivity index (χ0) is 11.5. The van der Waals surface area contributed by atoms with Crippen LogP contribution in [0.1, 0.15) is 38.4 Å². The first-order chi connectivity index (χ1) is 7.66. The molecule has 0 spiro atoms. The molecule has 0 bridgehead atoms. The molecule has 1 fully saturated rings. The number of pyridine rings is 1. The number of nitrogens with zero attached hydrogens (tertiary/aromatic N) is 2. The Hall–Kier alpha value is -1.09. The SMILES string of the molecule is CC1CCN(c2ccc([C@H](C)O)cn2)CC1. The first kappa shape index (κ1) is 11.4. The van der Waals surface area contributed by atoms with Gasteiger partial charge in [-0.25, -0.2) is 4.98 Å². The summed E-state index contributed by atoms with van der Waals surface area (Å²) in [5.74, 6) is 1.88. The highest BCUT2D eigenvalue weighted by atomic mass is 16.3. The zero-order valence-corrected chi connectivity index (χ0v) is 10.1. The van der Waals surface area contributed by atoms with Gasteiger partial charge in [0.05, 0.1) is 6.10 Å². The number of piperidine rings is 1. The van der Waals surface area contributed by atoms with Crippen molar-refractivity contribution in [1.82, 2.24) is 4.98 Å². The summed E-state index contributed by atoms with van der Waals surface area (Å²) < 4.78 is 0. The summed E-state index contributed by atoms with van der Waals surface area (Å²) in [6.45, 7) is 6.27. The third-order valence-corrected chi connectivity index (χ3v) is 3.36. The number of anilines is 1. The summed E-state index contributed by atoms with van der Waals surface area (Å²) in [4.78, 5) is 6.74. The van der Waals surface area contributed by atoms with Crippen LogP contribution >= 0.6 is 0 Å². The van der Waals surface area contributed by atoms with E-state index in [1.165, 1.54) is 12.8 Å². The fourth-order valence-electron chi connectivity index (χ4n) is 2.07. The van der Waals surface area contributed by atoms with Crippen LogP contribution < -0.4 is 4.90 Å². The van der Waals surface area contributed by atoms with E-state index in [0.717, 1.165) is 30.4 Å². The minimum atomic E-state index is -0.428. The molecular weight excluding hydrogens is 200 g/mol. The van der Waals surface area contributed by atoms with Crippen molar-refractivity contribution in [2.24, 2.45) is 5.92 Å². The fraction of sp³-hybridized carbons (Fsp3) is 0.615. The lowest BCUT2D eigenvalue weighted by atomic mass is 9.99. The molecule has 0 radical (unpaired) electrons. The van der Waals surface area contributed by atoms with Crippen LogP contribution in [0.3, 0.4) is 0 Å². The van der Waals surface area contributed by atoms with Gasteiger partial charge in [0.1, 0.15) is 5.82 Å². The van der Waals surface area contributed by atoms with Crippen LogP contribution in [0, 0.1) is 5.92 Å². The molecule has 3 nitrogen and oxygen atoms in total. The Kier molecular flexibility index (Phi) is 3.44. The largest absolute Gasteiger partial charge is 0.389 e. The highest BCUT2D eigenvalue weighted by Gasteiger charge is 2.16. The Morgan fingerprint density at radius 1 is 1.38 bits per heavy atom. The van der Waals surface area contributed by atoms with Gasteiger partial charge >= 0.3 is 0 Å². The Labute approximate surface area is 97.1 Å². The molecule has 3 heteroatoms. The van der Waals surface area contributed by atoms with E-state index in [2.05, 4.69) is 16.8 Å². The maximum Gasteiger partial charge on any atom is 0.128 e. The molecule has 0 aliphatic carbocycles. The summed E-state index contributed by atoms with van der Waals surface area (Å²) >= 11 is 0. The Morgan fingerprint density at radius 3 is 2.56 bits per heavy atom. The van der Waals surface area contributed by atoms with Crippen molar-refractivity contribution in [1.29, 1.82) is 0 Å². The molecule has 1 aliphatic heterocycles. The third kappa shape index (κ3) is 2.53. The van der Waals surface area contributed by atoms with Crippen LogP contribution in [-0.4, -0.2) is 23.2 Å². The van der Waals surface area contributed by atoms with Crippen LogP contribution in [0.15, 0.2) is 18.3 Å². The van der Waals surface area contributed by atoms with Gasteiger partial charge in [0.25, 0.3) is 0 Å². The predicted molar refractivity (Wildman–Crippen MR) is 65.5 cm³/mol. The van der Waals surface area contributed by atoms with Gasteiger partial charge in [0.15, 0.2) is 0 Å². The van der Waals surface area contributed by atoms with E-state index < -0.39 is 6.10 Å². The van der Waals surface area contributed by atoms with Crippen molar-refractivity contribution in [3.05, 3.63) is 23.9 Å². The molecule has 2 rings (SSSR count). The third-order valence-electron chi connectivity index (χ3n) is 3.36. The van der Waals surface area contributed by atoms with Crippen LogP contribution in [0.5, 0.6) is 0 Å². The van der Waals surface area contributed by atoms with Gasteiger partial charge in [-0.05, 0) is 37.3 Å². The molecule has 2 heterocycles. The lowest BCUT2D eigenvalue weighted by molar-refractivity contribution is 0.199. The van der Waals surface area contributed by atoms with E-state index in [1.807, 2.05) is 12.1 Å². The molecule has 1 aromatic rings. The molecule has 1 atom stereocenters. The highest BCUT2D eigenvalue weighted by molar-refractivity contribution is 5.40. The molecule has 0 amide bonds. The molecule has 1 N–H and O–H groups in total. The van der Waals surface area contributed by atoms with E-state index >= 15 is 0 Å². The lowest BCUT2D eigenvalue weighted by Gasteiger charge is -2.31. The standard InChI is InChI=1S/C13H20N2O/c1-10-5-7-15(8-6-10)13-4-3-12(9-14-13)11(2)16/h3-4,9-11,16H,5-8H2,1-2H3/t11-/m0/s1. The average Bonchev–Trinajstić information content (AvgIpc) is 2.30. The van der Waals surface area contributed by atoms with Gasteiger partial charge in [0.2, 0.25) is 0 Å². The van der Waals surface area contributed by atoms with Gasteiger partial charge in [-0.1, -0.05) is 13.0 Å². The molecule has 16 heavy (non-hydrogen) atoms. The second-order valence-electron chi connectivity index (χ2n) is 4.80. The smallest absolute Gasteiger partial charge is 0.128 e. The Bertz CT molecular complexity index is 326. The normalized spacial score (nSPS) is 19.8. The van der Waals surface area contributed by atoms with Gasteiger partial charge < -0.3 is 10.0 Å². The van der Waals surface area contributed by atoms with Crippen LogP contribution in [-0.2, 0) is 0 Å². The van der Waals surface area contributed by atoms with Gasteiger partial charge in [-0.2, -0.15) is 0 Å². The van der Waals surface area contributed by atoms with Crippen molar-refractivity contribution < 1.29 is 5.11 Å². The summed E-state index contributed by atoms with van der Waals surface area (Å²) in [7, 11) is 0. The minimum absolute atomic E-state index is 0.428. The van der Waals surface area contributed by atoms with Gasteiger partial charge in [-0.15, -0.1) is 0 Å².